The van der Waals surface area contributed by atoms with Crippen LogP contribution in [-0.2, 0) is 13.0 Å². The molecule has 0 aliphatic carbocycles. The molecule has 0 aliphatic heterocycles. The predicted molar refractivity (Wildman–Crippen MR) is 59.8 cm³/mol. The third kappa shape index (κ3) is 2.50. The van der Waals surface area contributed by atoms with Crippen molar-refractivity contribution in [3.63, 3.8) is 0 Å². The molecule has 2 heterocycles. The first-order valence-corrected chi connectivity index (χ1v) is 5.66. The fourth-order valence-corrected chi connectivity index (χ4v) is 1.99. The van der Waals surface area contributed by atoms with Gasteiger partial charge in [0.25, 0.3) is 0 Å². The van der Waals surface area contributed by atoms with Crippen LogP contribution in [0.5, 0.6) is 0 Å². The van der Waals surface area contributed by atoms with E-state index in [0.29, 0.717) is 0 Å². The van der Waals surface area contributed by atoms with E-state index in [1.165, 1.54) is 4.88 Å². The lowest BCUT2D eigenvalue weighted by Crippen LogP contribution is -2.05. The topological polar surface area (TPSA) is 43.6 Å². The Hall–Kier alpha value is -1.49. The molecule has 0 N–H and O–H groups in total. The number of aromatic nitrogens is 4. The number of rotatable bonds is 5. The van der Waals surface area contributed by atoms with Crippen LogP contribution < -0.4 is 0 Å². The third-order valence-corrected chi connectivity index (χ3v) is 2.92. The van der Waals surface area contributed by atoms with E-state index in [2.05, 4.69) is 33.6 Å². The number of tetrazole rings is 1. The fourth-order valence-electron chi connectivity index (χ4n) is 1.31. The first-order chi connectivity index (χ1) is 7.40. The maximum absolute atomic E-state index is 3.99. The summed E-state index contributed by atoms with van der Waals surface area (Å²) in [5, 5.41) is 13.7. The van der Waals surface area contributed by atoms with Gasteiger partial charge in [-0.05, 0) is 28.3 Å². The van der Waals surface area contributed by atoms with Gasteiger partial charge in [-0.15, -0.1) is 23.0 Å². The van der Waals surface area contributed by atoms with E-state index in [9.17, 15) is 0 Å². The monoisotopic (exact) mass is 220 g/mol. The van der Waals surface area contributed by atoms with Gasteiger partial charge in [0, 0.05) is 11.3 Å². The third-order valence-electron chi connectivity index (χ3n) is 2.06. The highest BCUT2D eigenvalue weighted by Crippen LogP contribution is 2.10. The summed E-state index contributed by atoms with van der Waals surface area (Å²) in [4.78, 5) is 1.27. The molecule has 0 aliphatic rings. The van der Waals surface area contributed by atoms with Crippen LogP contribution in [0.15, 0.2) is 30.2 Å². The summed E-state index contributed by atoms with van der Waals surface area (Å²) in [5.74, 6) is 0.920. The van der Waals surface area contributed by atoms with Gasteiger partial charge in [0.2, 0.25) is 0 Å². The molecular weight excluding hydrogens is 208 g/mol. The second-order valence-electron chi connectivity index (χ2n) is 3.16. The van der Waals surface area contributed by atoms with E-state index in [1.807, 2.05) is 16.8 Å². The number of hydrogen-bond acceptors (Lipinski definition) is 4. The van der Waals surface area contributed by atoms with Crippen molar-refractivity contribution < 1.29 is 0 Å². The summed E-state index contributed by atoms with van der Waals surface area (Å²) in [6, 6.07) is 4.12. The Bertz CT molecular complexity index is 418. The molecule has 78 valence electrons. The van der Waals surface area contributed by atoms with Crippen LogP contribution in [0.4, 0.5) is 0 Å². The average molecular weight is 220 g/mol. The van der Waals surface area contributed by atoms with Crippen molar-refractivity contribution in [1.29, 1.82) is 0 Å². The molecule has 4 nitrogen and oxygen atoms in total. The lowest BCUT2D eigenvalue weighted by atomic mass is 10.3. The molecule has 2 rings (SSSR count). The smallest absolute Gasteiger partial charge is 0.152 e. The summed E-state index contributed by atoms with van der Waals surface area (Å²) in [5.41, 5.74) is 0. The van der Waals surface area contributed by atoms with Crippen LogP contribution in [0.3, 0.4) is 0 Å². The molecule has 0 saturated carbocycles. The molecule has 0 unspecified atom stereocenters. The number of nitrogens with zero attached hydrogens (tertiary/aromatic N) is 4. The van der Waals surface area contributed by atoms with Crippen LogP contribution in [0.2, 0.25) is 0 Å². The largest absolute Gasteiger partial charge is 0.224 e. The van der Waals surface area contributed by atoms with Crippen molar-refractivity contribution in [2.24, 2.45) is 0 Å². The van der Waals surface area contributed by atoms with Crippen molar-refractivity contribution in [2.45, 2.75) is 19.4 Å². The first-order valence-electron chi connectivity index (χ1n) is 4.78. The van der Waals surface area contributed by atoms with Gasteiger partial charge in [0.15, 0.2) is 5.82 Å². The first kappa shape index (κ1) is 10.0. The second kappa shape index (κ2) is 4.84. The fraction of sp³-hybridized carbons (Fsp3) is 0.300. The molecule has 0 aromatic carbocycles. The van der Waals surface area contributed by atoms with Crippen LogP contribution in [0.25, 0.3) is 0 Å². The molecule has 0 saturated heterocycles. The van der Waals surface area contributed by atoms with E-state index in [4.69, 9.17) is 0 Å². The van der Waals surface area contributed by atoms with Crippen molar-refractivity contribution in [3.05, 3.63) is 40.9 Å². The molecule has 2 aromatic rings. The lowest BCUT2D eigenvalue weighted by Gasteiger charge is -2.00. The van der Waals surface area contributed by atoms with Gasteiger partial charge in [0.1, 0.15) is 0 Å². The predicted octanol–water partition coefficient (Wildman–Crippen LogP) is 1.90. The quantitative estimate of drug-likeness (QED) is 0.723. The molecule has 0 bridgehead atoms. The molecule has 0 atom stereocenters. The van der Waals surface area contributed by atoms with Crippen molar-refractivity contribution in [1.82, 2.24) is 20.2 Å². The van der Waals surface area contributed by atoms with Crippen molar-refractivity contribution in [2.75, 3.05) is 0 Å². The van der Waals surface area contributed by atoms with Gasteiger partial charge in [-0.3, -0.25) is 0 Å². The molecule has 2 aromatic heterocycles. The van der Waals surface area contributed by atoms with Crippen molar-refractivity contribution >= 4 is 11.3 Å². The Labute approximate surface area is 92.2 Å². The zero-order chi connectivity index (χ0) is 10.5. The molecule has 0 spiro atoms. The van der Waals surface area contributed by atoms with E-state index in [-0.39, 0.29) is 0 Å². The second-order valence-corrected chi connectivity index (χ2v) is 4.19. The molecule has 0 radical (unpaired) electrons. The van der Waals surface area contributed by atoms with E-state index >= 15 is 0 Å². The average Bonchev–Trinajstić information content (AvgIpc) is 2.87. The van der Waals surface area contributed by atoms with Crippen LogP contribution in [0.1, 0.15) is 17.1 Å². The van der Waals surface area contributed by atoms with Crippen LogP contribution in [0, 0.1) is 0 Å². The van der Waals surface area contributed by atoms with Crippen molar-refractivity contribution in [3.8, 4) is 0 Å². The number of hydrogen-bond donors (Lipinski definition) is 0. The summed E-state index contributed by atoms with van der Waals surface area (Å²) in [6.07, 6.45) is 3.64. The zero-order valence-electron chi connectivity index (χ0n) is 8.33. The molecular formula is C10H12N4S. The van der Waals surface area contributed by atoms with Gasteiger partial charge in [-0.25, -0.2) is 4.68 Å². The van der Waals surface area contributed by atoms with Crippen LogP contribution >= 0.6 is 11.3 Å². The molecule has 5 heteroatoms. The van der Waals surface area contributed by atoms with E-state index < -0.39 is 0 Å². The minimum atomic E-state index is 0.761. The highest BCUT2D eigenvalue weighted by molar-refractivity contribution is 7.09. The Balaban J connectivity index is 2.07. The Morgan fingerprint density at radius 1 is 1.53 bits per heavy atom. The maximum Gasteiger partial charge on any atom is 0.152 e. The number of thiophene rings is 1. The summed E-state index contributed by atoms with van der Waals surface area (Å²) in [7, 11) is 0. The van der Waals surface area contributed by atoms with Gasteiger partial charge in [0.05, 0.1) is 6.54 Å². The molecule has 0 amide bonds. The summed E-state index contributed by atoms with van der Waals surface area (Å²) >= 11 is 1.72. The van der Waals surface area contributed by atoms with Gasteiger partial charge >= 0.3 is 0 Å². The lowest BCUT2D eigenvalue weighted by molar-refractivity contribution is 0.622. The molecule has 15 heavy (non-hydrogen) atoms. The SMILES string of the molecule is C=CCCc1nnnn1Cc1cccs1. The molecule has 0 fully saturated rings. The van der Waals surface area contributed by atoms with Gasteiger partial charge in [-0.1, -0.05) is 12.1 Å². The van der Waals surface area contributed by atoms with E-state index in [1.54, 1.807) is 11.3 Å². The summed E-state index contributed by atoms with van der Waals surface area (Å²) in [6.45, 7) is 4.45. The van der Waals surface area contributed by atoms with Gasteiger partial charge in [-0.2, -0.15) is 0 Å². The standard InChI is InChI=1S/C10H12N4S/c1-2-3-6-10-11-12-13-14(10)8-9-5-4-7-15-9/h2,4-5,7H,1,3,6,8H2. The van der Waals surface area contributed by atoms with E-state index in [0.717, 1.165) is 25.2 Å². The van der Waals surface area contributed by atoms with Crippen LogP contribution in [-0.4, -0.2) is 20.2 Å². The Kier molecular flexibility index (Phi) is 3.24. The Morgan fingerprint density at radius 3 is 3.20 bits per heavy atom. The zero-order valence-corrected chi connectivity index (χ0v) is 9.15. The Morgan fingerprint density at radius 2 is 2.47 bits per heavy atom. The highest BCUT2D eigenvalue weighted by atomic mass is 32.1. The highest BCUT2D eigenvalue weighted by Gasteiger charge is 2.05. The summed E-state index contributed by atoms with van der Waals surface area (Å²) < 4.78 is 1.84. The maximum atomic E-state index is 3.99. The number of aryl methyl sites for hydroxylation is 1. The van der Waals surface area contributed by atoms with Gasteiger partial charge < -0.3 is 0 Å². The normalized spacial score (nSPS) is 10.4. The minimum Gasteiger partial charge on any atom is -0.224 e. The minimum absolute atomic E-state index is 0.761. The number of allylic oxidation sites excluding steroid dienone is 1.